The van der Waals surface area contributed by atoms with Gasteiger partial charge in [-0.25, -0.2) is 9.97 Å². The first kappa shape index (κ1) is 38.9. The van der Waals surface area contributed by atoms with Gasteiger partial charge in [0.15, 0.2) is 0 Å². The second kappa shape index (κ2) is 18.0. The van der Waals surface area contributed by atoms with Gasteiger partial charge in [-0.1, -0.05) is 18.6 Å². The molecule has 290 valence electrons. The summed E-state index contributed by atoms with van der Waals surface area (Å²) >= 11 is 0. The van der Waals surface area contributed by atoms with Gasteiger partial charge in [-0.2, -0.15) is 0 Å². The lowest BCUT2D eigenvalue weighted by Gasteiger charge is -2.38. The number of nitrogens with zero attached hydrogens (tertiary/aromatic N) is 4. The third-order valence-electron chi connectivity index (χ3n) is 11.5. The second-order valence-corrected chi connectivity index (χ2v) is 15.8. The van der Waals surface area contributed by atoms with Crippen molar-refractivity contribution in [1.82, 2.24) is 19.8 Å². The van der Waals surface area contributed by atoms with E-state index < -0.39 is 23.1 Å². The molecule has 4 aliphatic rings. The summed E-state index contributed by atoms with van der Waals surface area (Å²) in [7, 11) is 0. The van der Waals surface area contributed by atoms with Crippen LogP contribution in [0.15, 0.2) is 24.3 Å². The van der Waals surface area contributed by atoms with Crippen LogP contribution in [0.5, 0.6) is 0 Å². The minimum absolute atomic E-state index is 0.0805. The molecule has 0 aliphatic carbocycles. The second-order valence-electron chi connectivity index (χ2n) is 15.8. The van der Waals surface area contributed by atoms with E-state index in [4.69, 9.17) is 19.8 Å². The molecule has 0 spiro atoms. The van der Waals surface area contributed by atoms with E-state index in [9.17, 15) is 24.6 Å². The molecule has 1 amide bonds. The van der Waals surface area contributed by atoms with Gasteiger partial charge >= 0.3 is 11.9 Å². The predicted octanol–water partition coefficient (Wildman–Crippen LogP) is 3.89. The van der Waals surface area contributed by atoms with Crippen LogP contribution < -0.4 is 10.6 Å². The average molecular weight is 735 g/mol. The molecule has 1 atom stereocenters. The van der Waals surface area contributed by atoms with Crippen molar-refractivity contribution in [3.8, 4) is 0 Å². The summed E-state index contributed by atoms with van der Waals surface area (Å²) in [5, 5.41) is 37.3. The number of rotatable bonds is 16. The first-order valence-electron chi connectivity index (χ1n) is 19.9. The Morgan fingerprint density at radius 1 is 0.792 bits per heavy atom. The number of fused-ring (bicyclic) bond motifs is 2. The largest absolute Gasteiger partial charge is 0.481 e. The number of pyridine rings is 2. The number of carboxylic acid groups (broad SMARTS) is 1. The lowest BCUT2D eigenvalue weighted by Crippen LogP contribution is -2.48. The predicted molar refractivity (Wildman–Crippen MR) is 201 cm³/mol. The first-order valence-corrected chi connectivity index (χ1v) is 19.9. The van der Waals surface area contributed by atoms with Crippen molar-refractivity contribution in [2.24, 2.45) is 0 Å². The van der Waals surface area contributed by atoms with Crippen LogP contribution in [0.1, 0.15) is 106 Å². The van der Waals surface area contributed by atoms with Crippen molar-refractivity contribution < 1.29 is 34.4 Å². The van der Waals surface area contributed by atoms with Gasteiger partial charge in [-0.3, -0.25) is 14.4 Å². The number of carbonyl (C=O) groups excluding carboxylic acids is 2. The van der Waals surface area contributed by atoms with Crippen molar-refractivity contribution in [2.75, 3.05) is 56.4 Å². The smallest absolute Gasteiger partial charge is 0.309 e. The Morgan fingerprint density at radius 2 is 1.43 bits per heavy atom. The molecule has 0 aromatic carbocycles. The van der Waals surface area contributed by atoms with E-state index in [-0.39, 0.29) is 24.9 Å². The number of amides is 1. The molecule has 0 saturated carbocycles. The molecule has 0 radical (unpaired) electrons. The van der Waals surface area contributed by atoms with E-state index in [1.165, 1.54) is 5.56 Å². The Bertz CT molecular complexity index is 1570. The number of esters is 1. The van der Waals surface area contributed by atoms with Crippen molar-refractivity contribution >= 4 is 29.5 Å². The number of hydrogen-bond acceptors (Lipinski definition) is 11. The highest BCUT2D eigenvalue weighted by atomic mass is 16.5. The lowest BCUT2D eigenvalue weighted by molar-refractivity contribution is -0.156. The van der Waals surface area contributed by atoms with Crippen LogP contribution in [0.3, 0.4) is 0 Å². The maximum atomic E-state index is 12.9. The molecule has 53 heavy (non-hydrogen) atoms. The van der Waals surface area contributed by atoms with Crippen molar-refractivity contribution in [3.63, 3.8) is 0 Å². The molecule has 6 heterocycles. The Morgan fingerprint density at radius 3 is 2.15 bits per heavy atom. The Kier molecular flexibility index (Phi) is 13.2. The molecule has 4 aliphatic heterocycles. The number of aromatic nitrogens is 2. The zero-order valence-electron chi connectivity index (χ0n) is 31.1. The highest BCUT2D eigenvalue weighted by Crippen LogP contribution is 2.29. The number of ether oxygens (including phenoxy) is 1. The van der Waals surface area contributed by atoms with Crippen LogP contribution >= 0.6 is 0 Å². The van der Waals surface area contributed by atoms with Crippen LogP contribution in [0.2, 0.25) is 0 Å². The molecular formula is C40H58N6O7. The molecule has 2 aromatic heterocycles. The normalized spacial score (nSPS) is 20.7. The van der Waals surface area contributed by atoms with Crippen molar-refractivity contribution in [1.29, 1.82) is 0 Å². The number of carbonyl (C=O) groups is 3. The molecule has 2 saturated heterocycles. The molecule has 2 fully saturated rings. The number of carboxylic acids is 1. The summed E-state index contributed by atoms with van der Waals surface area (Å²) in [5.41, 5.74) is 2.13. The van der Waals surface area contributed by atoms with Gasteiger partial charge < -0.3 is 40.5 Å². The number of nitrogens with one attached hydrogen (secondary N) is 2. The zero-order chi connectivity index (χ0) is 37.3. The highest BCUT2D eigenvalue weighted by Gasteiger charge is 2.37. The van der Waals surface area contributed by atoms with E-state index in [0.29, 0.717) is 58.2 Å². The van der Waals surface area contributed by atoms with E-state index in [1.807, 2.05) is 11.0 Å². The van der Waals surface area contributed by atoms with Gasteiger partial charge in [0.25, 0.3) is 0 Å². The molecule has 13 heteroatoms. The topological polar surface area (TPSA) is 177 Å². The fraction of sp³-hybridized carbons (Fsp3) is 0.675. The van der Waals surface area contributed by atoms with Crippen LogP contribution in [0.4, 0.5) is 11.6 Å². The summed E-state index contributed by atoms with van der Waals surface area (Å²) < 4.78 is 5.80. The summed E-state index contributed by atoms with van der Waals surface area (Å²) in [6.07, 6.45) is 10.9. The fourth-order valence-electron chi connectivity index (χ4n) is 8.16. The number of piperidine rings is 2. The van der Waals surface area contributed by atoms with Gasteiger partial charge in [0.2, 0.25) is 5.91 Å². The number of aliphatic carboxylic acids is 1. The van der Waals surface area contributed by atoms with Gasteiger partial charge in [-0.15, -0.1) is 0 Å². The molecule has 5 N–H and O–H groups in total. The van der Waals surface area contributed by atoms with Crippen LogP contribution in [0, 0.1) is 0 Å². The van der Waals surface area contributed by atoms with Crippen LogP contribution in [-0.4, -0.2) is 116 Å². The SMILES string of the molecule is O=C(O)CC1(O)CCN(CCCCCc2ccc3c(n2)NCC(OC(=O)CC2(O)CCN(C(=O)CCCCc4ccc5c(n4)NCCC5)CC2)C3)CC1. The summed E-state index contributed by atoms with van der Waals surface area (Å²) in [5.74, 6) is 0.577. The van der Waals surface area contributed by atoms with Gasteiger partial charge in [0.05, 0.1) is 30.6 Å². The highest BCUT2D eigenvalue weighted by molar-refractivity contribution is 5.76. The van der Waals surface area contributed by atoms with E-state index >= 15 is 0 Å². The molecular weight excluding hydrogens is 676 g/mol. The third kappa shape index (κ3) is 11.3. The van der Waals surface area contributed by atoms with Gasteiger partial charge in [-0.05, 0) is 107 Å². The number of anilines is 2. The van der Waals surface area contributed by atoms with Crippen molar-refractivity contribution in [3.05, 3.63) is 46.8 Å². The minimum atomic E-state index is -1.17. The van der Waals surface area contributed by atoms with Crippen LogP contribution in [0.25, 0.3) is 0 Å². The molecule has 6 rings (SSSR count). The molecule has 1 unspecified atom stereocenters. The summed E-state index contributed by atoms with van der Waals surface area (Å²) in [4.78, 5) is 50.5. The molecule has 13 nitrogen and oxygen atoms in total. The Balaban J connectivity index is 0.832. The fourth-order valence-corrected chi connectivity index (χ4v) is 8.16. The molecule has 2 aromatic rings. The standard InChI is InChI=1S/C40H58N6O7/c47-34(10-4-3-9-32-13-11-29-7-6-19-41-37(29)43-32)46-23-17-40(52,18-24-46)27-36(50)53-33-25-30-12-14-31(44-38(30)42-28-33)8-2-1-5-20-45-21-15-39(51,16-22-45)26-35(48)49/h11-14,33,51-52H,1-10,15-28H2,(H,41,43)(H,42,44)(H,48,49). The zero-order valence-corrected chi connectivity index (χ0v) is 31.1. The lowest BCUT2D eigenvalue weighted by atomic mass is 9.88. The summed E-state index contributed by atoms with van der Waals surface area (Å²) in [6.45, 7) is 4.72. The minimum Gasteiger partial charge on any atom is -0.481 e. The molecule has 0 bridgehead atoms. The van der Waals surface area contributed by atoms with Crippen molar-refractivity contribution in [2.45, 2.75) is 126 Å². The Hall–Kier alpha value is -3.81. The van der Waals surface area contributed by atoms with E-state index in [1.54, 1.807) is 0 Å². The van der Waals surface area contributed by atoms with E-state index in [2.05, 4.69) is 33.7 Å². The average Bonchev–Trinajstić information content (AvgIpc) is 3.13. The number of likely N-dealkylation sites (tertiary alicyclic amines) is 2. The number of aliphatic hydroxyl groups is 2. The maximum absolute atomic E-state index is 12.9. The number of hydrogen-bond donors (Lipinski definition) is 5. The monoisotopic (exact) mass is 734 g/mol. The summed E-state index contributed by atoms with van der Waals surface area (Å²) in [6, 6.07) is 8.36. The van der Waals surface area contributed by atoms with E-state index in [0.717, 1.165) is 113 Å². The third-order valence-corrected chi connectivity index (χ3v) is 11.5. The van der Waals surface area contributed by atoms with Crippen LogP contribution in [-0.2, 0) is 44.8 Å². The maximum Gasteiger partial charge on any atom is 0.309 e. The number of aryl methyl sites for hydroxylation is 3. The van der Waals surface area contributed by atoms with Gasteiger partial charge in [0, 0.05) is 57.0 Å². The number of unbranched alkanes of at least 4 members (excludes halogenated alkanes) is 3. The Labute approximate surface area is 312 Å². The quantitative estimate of drug-likeness (QED) is 0.124. The van der Waals surface area contributed by atoms with Gasteiger partial charge in [0.1, 0.15) is 17.7 Å². The first-order chi connectivity index (χ1) is 25.5.